The molecular formula is C14H20FNO. The van der Waals surface area contributed by atoms with E-state index in [-0.39, 0.29) is 18.5 Å². The molecule has 0 spiro atoms. The standard InChI is InChI=1S/C14H20FNO/c15-13-8-5-9-14(12(13)10-16)17-11-6-3-1-2-4-7-11/h5,8-9,11H,1-4,6-7,10,16H2. The lowest BCUT2D eigenvalue weighted by Crippen LogP contribution is -2.17. The molecule has 0 bridgehead atoms. The molecule has 1 aliphatic rings. The van der Waals surface area contributed by atoms with E-state index < -0.39 is 0 Å². The number of ether oxygens (including phenoxy) is 1. The number of hydrogen-bond donors (Lipinski definition) is 1. The maximum atomic E-state index is 13.5. The molecule has 0 atom stereocenters. The number of hydrogen-bond acceptors (Lipinski definition) is 2. The molecule has 0 unspecified atom stereocenters. The lowest BCUT2D eigenvalue weighted by atomic mass is 10.1. The average molecular weight is 237 g/mol. The highest BCUT2D eigenvalue weighted by Crippen LogP contribution is 2.26. The molecular weight excluding hydrogens is 217 g/mol. The third kappa shape index (κ3) is 3.19. The summed E-state index contributed by atoms with van der Waals surface area (Å²) in [5, 5.41) is 0. The van der Waals surface area contributed by atoms with Gasteiger partial charge in [-0.1, -0.05) is 18.9 Å². The maximum Gasteiger partial charge on any atom is 0.131 e. The molecule has 2 N–H and O–H groups in total. The fourth-order valence-corrected chi connectivity index (χ4v) is 2.39. The highest BCUT2D eigenvalue weighted by Gasteiger charge is 2.16. The third-order valence-electron chi connectivity index (χ3n) is 3.38. The zero-order chi connectivity index (χ0) is 12.1. The Morgan fingerprint density at radius 3 is 2.53 bits per heavy atom. The van der Waals surface area contributed by atoms with Crippen molar-refractivity contribution >= 4 is 0 Å². The first-order valence-corrected chi connectivity index (χ1v) is 6.45. The number of benzene rings is 1. The summed E-state index contributed by atoms with van der Waals surface area (Å²) in [6.07, 6.45) is 7.35. The summed E-state index contributed by atoms with van der Waals surface area (Å²) in [5.74, 6) is 0.359. The molecule has 0 heterocycles. The van der Waals surface area contributed by atoms with Crippen LogP contribution in [0.2, 0.25) is 0 Å². The van der Waals surface area contributed by atoms with Crippen LogP contribution < -0.4 is 10.5 Å². The van der Waals surface area contributed by atoms with Crippen LogP contribution in [0.1, 0.15) is 44.1 Å². The third-order valence-corrected chi connectivity index (χ3v) is 3.38. The van der Waals surface area contributed by atoms with E-state index in [2.05, 4.69) is 0 Å². The van der Waals surface area contributed by atoms with Gasteiger partial charge in [-0.3, -0.25) is 0 Å². The molecule has 2 rings (SSSR count). The predicted molar refractivity (Wildman–Crippen MR) is 66.4 cm³/mol. The SMILES string of the molecule is NCc1c(F)cccc1OC1CCCCCC1. The van der Waals surface area contributed by atoms with Crippen LogP contribution in [0, 0.1) is 5.82 Å². The first-order valence-electron chi connectivity index (χ1n) is 6.45. The van der Waals surface area contributed by atoms with Gasteiger partial charge >= 0.3 is 0 Å². The first kappa shape index (κ1) is 12.4. The van der Waals surface area contributed by atoms with Crippen LogP contribution >= 0.6 is 0 Å². The van der Waals surface area contributed by atoms with Crippen LogP contribution in [-0.2, 0) is 6.54 Å². The summed E-state index contributed by atoms with van der Waals surface area (Å²) in [5.41, 5.74) is 6.06. The minimum atomic E-state index is -0.265. The van der Waals surface area contributed by atoms with Crippen molar-refractivity contribution in [3.05, 3.63) is 29.6 Å². The Kier molecular flexibility index (Phi) is 4.37. The van der Waals surface area contributed by atoms with Crippen molar-refractivity contribution in [2.75, 3.05) is 0 Å². The van der Waals surface area contributed by atoms with Gasteiger partial charge in [-0.25, -0.2) is 4.39 Å². The van der Waals surface area contributed by atoms with Crippen molar-refractivity contribution in [2.45, 2.75) is 51.2 Å². The quantitative estimate of drug-likeness (QED) is 0.818. The van der Waals surface area contributed by atoms with Crippen LogP contribution in [0.25, 0.3) is 0 Å². The summed E-state index contributed by atoms with van der Waals surface area (Å²) in [6, 6.07) is 4.93. The second-order valence-corrected chi connectivity index (χ2v) is 4.65. The van der Waals surface area contributed by atoms with Gasteiger partial charge in [0.2, 0.25) is 0 Å². The second-order valence-electron chi connectivity index (χ2n) is 4.65. The summed E-state index contributed by atoms with van der Waals surface area (Å²) in [4.78, 5) is 0. The van der Waals surface area contributed by atoms with E-state index in [0.717, 1.165) is 12.8 Å². The van der Waals surface area contributed by atoms with E-state index in [0.29, 0.717) is 11.3 Å². The lowest BCUT2D eigenvalue weighted by Gasteiger charge is -2.19. The fourth-order valence-electron chi connectivity index (χ4n) is 2.39. The highest BCUT2D eigenvalue weighted by atomic mass is 19.1. The van der Waals surface area contributed by atoms with Crippen LogP contribution in [-0.4, -0.2) is 6.10 Å². The van der Waals surface area contributed by atoms with E-state index in [1.54, 1.807) is 6.07 Å². The van der Waals surface area contributed by atoms with Crippen molar-refractivity contribution in [3.8, 4) is 5.75 Å². The van der Waals surface area contributed by atoms with Crippen LogP contribution in [0.15, 0.2) is 18.2 Å². The molecule has 1 aliphatic carbocycles. The molecule has 1 fully saturated rings. The summed E-state index contributed by atoms with van der Waals surface area (Å²) >= 11 is 0. The molecule has 17 heavy (non-hydrogen) atoms. The van der Waals surface area contributed by atoms with Gasteiger partial charge in [0.25, 0.3) is 0 Å². The molecule has 0 radical (unpaired) electrons. The smallest absolute Gasteiger partial charge is 0.131 e. The zero-order valence-electron chi connectivity index (χ0n) is 10.1. The van der Waals surface area contributed by atoms with Gasteiger partial charge in [0.15, 0.2) is 0 Å². The Balaban J connectivity index is 2.09. The van der Waals surface area contributed by atoms with Gasteiger partial charge in [-0.05, 0) is 37.8 Å². The number of halogens is 1. The Morgan fingerprint density at radius 1 is 1.18 bits per heavy atom. The molecule has 0 aliphatic heterocycles. The van der Waals surface area contributed by atoms with E-state index in [1.807, 2.05) is 6.07 Å². The monoisotopic (exact) mass is 237 g/mol. The number of rotatable bonds is 3. The van der Waals surface area contributed by atoms with Crippen molar-refractivity contribution in [3.63, 3.8) is 0 Å². The minimum Gasteiger partial charge on any atom is -0.490 e. The van der Waals surface area contributed by atoms with E-state index in [1.165, 1.54) is 31.7 Å². The topological polar surface area (TPSA) is 35.2 Å². The van der Waals surface area contributed by atoms with Crippen molar-refractivity contribution < 1.29 is 9.13 Å². The summed E-state index contributed by atoms with van der Waals surface area (Å²) in [7, 11) is 0. The molecule has 1 aromatic rings. The highest BCUT2D eigenvalue weighted by molar-refractivity contribution is 5.34. The van der Waals surface area contributed by atoms with Gasteiger partial charge in [-0.15, -0.1) is 0 Å². The van der Waals surface area contributed by atoms with E-state index in [4.69, 9.17) is 10.5 Å². The van der Waals surface area contributed by atoms with Crippen molar-refractivity contribution in [1.29, 1.82) is 0 Å². The molecule has 0 aromatic heterocycles. The van der Waals surface area contributed by atoms with Crippen LogP contribution in [0.3, 0.4) is 0 Å². The Labute approximate surface area is 102 Å². The van der Waals surface area contributed by atoms with Crippen LogP contribution in [0.4, 0.5) is 4.39 Å². The molecule has 94 valence electrons. The second kappa shape index (κ2) is 6.01. The normalized spacial score (nSPS) is 17.8. The fraction of sp³-hybridized carbons (Fsp3) is 0.571. The molecule has 1 saturated carbocycles. The van der Waals surface area contributed by atoms with Gasteiger partial charge in [-0.2, -0.15) is 0 Å². The lowest BCUT2D eigenvalue weighted by molar-refractivity contribution is 0.181. The Hall–Kier alpha value is -1.09. The van der Waals surface area contributed by atoms with Crippen molar-refractivity contribution in [2.24, 2.45) is 5.73 Å². The van der Waals surface area contributed by atoms with Crippen molar-refractivity contribution in [1.82, 2.24) is 0 Å². The molecule has 1 aromatic carbocycles. The summed E-state index contributed by atoms with van der Waals surface area (Å²) in [6.45, 7) is 0.189. The van der Waals surface area contributed by atoms with E-state index in [9.17, 15) is 4.39 Å². The largest absolute Gasteiger partial charge is 0.490 e. The van der Waals surface area contributed by atoms with Gasteiger partial charge in [0, 0.05) is 12.1 Å². The van der Waals surface area contributed by atoms with Gasteiger partial charge in [0.1, 0.15) is 11.6 Å². The molecule has 0 saturated heterocycles. The Bertz CT molecular complexity index is 359. The predicted octanol–water partition coefficient (Wildman–Crippen LogP) is 3.39. The maximum absolute atomic E-state index is 13.5. The Morgan fingerprint density at radius 2 is 1.88 bits per heavy atom. The minimum absolute atomic E-state index is 0.189. The molecule has 3 heteroatoms. The summed E-state index contributed by atoms with van der Waals surface area (Å²) < 4.78 is 19.4. The van der Waals surface area contributed by atoms with Gasteiger partial charge in [0.05, 0.1) is 6.10 Å². The van der Waals surface area contributed by atoms with Gasteiger partial charge < -0.3 is 10.5 Å². The first-order chi connectivity index (χ1) is 8.31. The molecule has 2 nitrogen and oxygen atoms in total. The zero-order valence-corrected chi connectivity index (χ0v) is 10.1. The van der Waals surface area contributed by atoms with Crippen LogP contribution in [0.5, 0.6) is 5.75 Å². The van der Waals surface area contributed by atoms with E-state index >= 15 is 0 Å². The molecule has 0 amide bonds. The average Bonchev–Trinajstić information content (AvgIpc) is 2.58. The number of nitrogens with two attached hydrogens (primary N) is 1.